The van der Waals surface area contributed by atoms with Gasteiger partial charge in [0.25, 0.3) is 0 Å². The second-order valence-corrected chi connectivity index (χ2v) is 4.49. The molecule has 2 aromatic carbocycles. The third-order valence-corrected chi connectivity index (χ3v) is 2.94. The van der Waals surface area contributed by atoms with E-state index >= 15 is 0 Å². The van der Waals surface area contributed by atoms with E-state index in [1.54, 1.807) is 0 Å². The number of rotatable bonds is 2. The molecule has 0 aliphatic heterocycles. The summed E-state index contributed by atoms with van der Waals surface area (Å²) in [4.78, 5) is 11.0. The number of amides is 1. The average molecular weight is 355 g/mol. The summed E-state index contributed by atoms with van der Waals surface area (Å²) < 4.78 is 108. The molecule has 0 atom stereocenters. The minimum atomic E-state index is -2.19. The molecule has 0 bridgehead atoms. The van der Waals surface area contributed by atoms with E-state index in [4.69, 9.17) is 0 Å². The Kier molecular flexibility index (Phi) is 4.50. The third kappa shape index (κ3) is 2.68. The van der Waals surface area contributed by atoms with Crippen LogP contribution in [0.4, 0.5) is 46.5 Å². The molecule has 128 valence electrons. The molecular weight excluding hydrogens is 350 g/mol. The van der Waals surface area contributed by atoms with Gasteiger partial charge in [-0.25, -0.2) is 35.1 Å². The highest BCUT2D eigenvalue weighted by molar-refractivity contribution is 5.99. The highest BCUT2D eigenvalue weighted by Gasteiger charge is 2.33. The van der Waals surface area contributed by atoms with Gasteiger partial charge in [-0.3, -0.25) is 9.69 Å². The summed E-state index contributed by atoms with van der Waals surface area (Å²) in [6.45, 7) is 0.503. The number of anilines is 2. The molecule has 24 heavy (non-hydrogen) atoms. The summed E-state index contributed by atoms with van der Waals surface area (Å²) >= 11 is 0. The van der Waals surface area contributed by atoms with Crippen LogP contribution in [0.3, 0.4) is 0 Å². The van der Waals surface area contributed by atoms with E-state index in [-0.39, 0.29) is 12.1 Å². The predicted molar refractivity (Wildman–Crippen MR) is 65.4 cm³/mol. The minimum absolute atomic E-state index is 0.217. The van der Waals surface area contributed by atoms with Gasteiger partial charge in [-0.15, -0.1) is 0 Å². The average Bonchev–Trinajstić information content (AvgIpc) is 2.49. The highest BCUT2D eigenvalue weighted by Crippen LogP contribution is 2.37. The van der Waals surface area contributed by atoms with E-state index in [0.29, 0.717) is 6.92 Å². The van der Waals surface area contributed by atoms with Crippen LogP contribution < -0.4 is 4.90 Å². The van der Waals surface area contributed by atoms with Gasteiger partial charge in [0.2, 0.25) is 5.91 Å². The normalized spacial score (nSPS) is 10.9. The molecule has 2 rings (SSSR count). The quantitative estimate of drug-likeness (QED) is 0.574. The van der Waals surface area contributed by atoms with Crippen molar-refractivity contribution >= 4 is 17.3 Å². The summed E-state index contributed by atoms with van der Waals surface area (Å²) in [6.07, 6.45) is 0. The molecule has 0 aromatic heterocycles. The molecule has 0 unspecified atom stereocenters. The Labute approximate surface area is 128 Å². The van der Waals surface area contributed by atoms with Gasteiger partial charge in [0.05, 0.1) is 0 Å². The second-order valence-electron chi connectivity index (χ2n) is 4.49. The van der Waals surface area contributed by atoms with Crippen molar-refractivity contribution in [2.75, 3.05) is 4.90 Å². The highest BCUT2D eigenvalue weighted by atomic mass is 19.2. The number of carbonyl (C=O) groups excluding carboxylic acids is 1. The van der Waals surface area contributed by atoms with Crippen LogP contribution in [0.5, 0.6) is 0 Å². The van der Waals surface area contributed by atoms with Crippen molar-refractivity contribution in [3.63, 3.8) is 0 Å². The molecule has 2 nitrogen and oxygen atoms in total. The van der Waals surface area contributed by atoms with Crippen LogP contribution in [0.1, 0.15) is 6.92 Å². The van der Waals surface area contributed by atoms with E-state index in [2.05, 4.69) is 0 Å². The fraction of sp³-hybridized carbons (Fsp3) is 0.0714. The van der Waals surface area contributed by atoms with Gasteiger partial charge in [-0.2, -0.15) is 0 Å². The zero-order valence-electron chi connectivity index (χ0n) is 11.5. The van der Waals surface area contributed by atoms with Gasteiger partial charge in [-0.05, 0) is 0 Å². The van der Waals surface area contributed by atoms with E-state index in [1.165, 1.54) is 0 Å². The van der Waals surface area contributed by atoms with Crippen molar-refractivity contribution in [3.05, 3.63) is 58.7 Å². The van der Waals surface area contributed by atoms with Gasteiger partial charge in [0.1, 0.15) is 11.4 Å². The monoisotopic (exact) mass is 355 g/mol. The van der Waals surface area contributed by atoms with Crippen LogP contribution in [0.15, 0.2) is 12.1 Å². The van der Waals surface area contributed by atoms with Crippen molar-refractivity contribution < 1.29 is 39.9 Å². The van der Waals surface area contributed by atoms with Crippen LogP contribution >= 0.6 is 0 Å². The van der Waals surface area contributed by atoms with Crippen molar-refractivity contribution in [2.24, 2.45) is 0 Å². The van der Waals surface area contributed by atoms with Gasteiger partial charge >= 0.3 is 0 Å². The standard InChI is InChI=1S/C14H5F8NO/c1-4(24)23(13-9(19)5(15)2-6(16)10(13)20)14-11(21)7(17)3-8(18)12(14)22/h2-3H,1H3. The van der Waals surface area contributed by atoms with Crippen molar-refractivity contribution in [2.45, 2.75) is 6.92 Å². The molecule has 0 fully saturated rings. The molecule has 0 radical (unpaired) electrons. The minimum Gasteiger partial charge on any atom is -0.274 e. The lowest BCUT2D eigenvalue weighted by atomic mass is 10.1. The lowest BCUT2D eigenvalue weighted by Crippen LogP contribution is -2.28. The lowest BCUT2D eigenvalue weighted by Gasteiger charge is -2.24. The maximum Gasteiger partial charge on any atom is 0.228 e. The maximum absolute atomic E-state index is 13.8. The molecule has 0 aliphatic rings. The first-order chi connectivity index (χ1) is 11.1. The molecule has 1 amide bonds. The fourth-order valence-electron chi connectivity index (χ4n) is 1.94. The predicted octanol–water partition coefficient (Wildman–Crippen LogP) is 4.48. The summed E-state index contributed by atoms with van der Waals surface area (Å²) in [7, 11) is 0. The lowest BCUT2D eigenvalue weighted by molar-refractivity contribution is -0.116. The van der Waals surface area contributed by atoms with Gasteiger partial charge in [-0.1, -0.05) is 0 Å². The van der Waals surface area contributed by atoms with E-state index in [1.807, 2.05) is 0 Å². The Balaban J connectivity index is 2.92. The summed E-state index contributed by atoms with van der Waals surface area (Å²) in [6, 6.07) is -0.434. The van der Waals surface area contributed by atoms with Gasteiger partial charge in [0, 0.05) is 19.1 Å². The molecule has 0 aliphatic carbocycles. The molecule has 0 saturated heterocycles. The molecule has 0 heterocycles. The number of nitrogens with zero attached hydrogens (tertiary/aromatic N) is 1. The number of hydrogen-bond donors (Lipinski definition) is 0. The third-order valence-electron chi connectivity index (χ3n) is 2.94. The number of hydrogen-bond acceptors (Lipinski definition) is 1. The zero-order valence-corrected chi connectivity index (χ0v) is 11.5. The Hall–Kier alpha value is -2.65. The summed E-state index contributed by atoms with van der Waals surface area (Å²) in [5.41, 5.74) is -3.72. The second kappa shape index (κ2) is 6.10. The van der Waals surface area contributed by atoms with E-state index in [0.717, 1.165) is 0 Å². The first-order valence-corrected chi connectivity index (χ1v) is 6.04. The molecular formula is C14H5F8NO. The van der Waals surface area contributed by atoms with Crippen molar-refractivity contribution in [3.8, 4) is 0 Å². The van der Waals surface area contributed by atoms with Crippen molar-refractivity contribution in [1.82, 2.24) is 0 Å². The maximum atomic E-state index is 13.8. The SMILES string of the molecule is CC(=O)N(c1c(F)c(F)cc(F)c1F)c1c(F)c(F)cc(F)c1F. The molecule has 2 aromatic rings. The smallest absolute Gasteiger partial charge is 0.228 e. The topological polar surface area (TPSA) is 20.3 Å². The first kappa shape index (κ1) is 17.7. The molecule has 0 spiro atoms. The zero-order chi connectivity index (χ0) is 18.3. The van der Waals surface area contributed by atoms with Crippen LogP contribution in [-0.4, -0.2) is 5.91 Å². The number of carbonyl (C=O) groups is 1. The summed E-state index contributed by atoms with van der Waals surface area (Å²) in [5, 5.41) is 0. The van der Waals surface area contributed by atoms with E-state index in [9.17, 15) is 39.9 Å². The van der Waals surface area contributed by atoms with Crippen LogP contribution in [0.2, 0.25) is 0 Å². The van der Waals surface area contributed by atoms with E-state index < -0.39 is 68.7 Å². The first-order valence-electron chi connectivity index (χ1n) is 6.04. The number of benzene rings is 2. The summed E-state index contributed by atoms with van der Waals surface area (Å²) in [5.74, 6) is -18.3. The Morgan fingerprint density at radius 2 is 0.917 bits per heavy atom. The van der Waals surface area contributed by atoms with Crippen LogP contribution in [0, 0.1) is 46.5 Å². The number of halogens is 8. The molecule has 0 saturated carbocycles. The Morgan fingerprint density at radius 1 is 0.667 bits per heavy atom. The Bertz CT molecular complexity index is 736. The Morgan fingerprint density at radius 3 is 1.12 bits per heavy atom. The van der Waals surface area contributed by atoms with Crippen LogP contribution in [0.25, 0.3) is 0 Å². The van der Waals surface area contributed by atoms with Crippen molar-refractivity contribution in [1.29, 1.82) is 0 Å². The van der Waals surface area contributed by atoms with Gasteiger partial charge in [0.15, 0.2) is 46.5 Å². The molecule has 0 N–H and O–H groups in total. The van der Waals surface area contributed by atoms with Gasteiger partial charge < -0.3 is 0 Å². The fourth-order valence-corrected chi connectivity index (χ4v) is 1.94. The largest absolute Gasteiger partial charge is 0.274 e. The molecule has 10 heteroatoms. The van der Waals surface area contributed by atoms with Crippen LogP contribution in [-0.2, 0) is 4.79 Å².